The van der Waals surface area contributed by atoms with E-state index in [4.69, 9.17) is 32.7 Å². The predicted octanol–water partition coefficient (Wildman–Crippen LogP) is 19.2. The van der Waals surface area contributed by atoms with E-state index in [1.165, 1.54) is 94.9 Å². The molecule has 12 heteroatoms. The number of hydrogen-bond donors (Lipinski definition) is 4. The molecule has 0 saturated heterocycles. The number of ether oxygens (including phenoxy) is 2. The van der Waals surface area contributed by atoms with Crippen molar-refractivity contribution in [3.05, 3.63) is 182 Å². The lowest BCUT2D eigenvalue weighted by molar-refractivity contribution is -0.121. The molecule has 6 aromatic rings. The van der Waals surface area contributed by atoms with Gasteiger partial charge in [-0.25, -0.2) is 19.2 Å². The van der Waals surface area contributed by atoms with Gasteiger partial charge in [-0.05, 0) is 227 Å². The van der Waals surface area contributed by atoms with Gasteiger partial charge in [-0.3, -0.25) is 0 Å². The Morgan fingerprint density at radius 1 is 0.565 bits per heavy atom. The molecule has 9 atom stereocenters. The van der Waals surface area contributed by atoms with Gasteiger partial charge in [0.1, 0.15) is 24.3 Å². The van der Waals surface area contributed by atoms with Crippen LogP contribution in [0.4, 0.5) is 0 Å². The predicted molar refractivity (Wildman–Crippen MR) is 336 cm³/mol. The standard InChI is InChI=1S/C73H80Cl2O10/c1-43(2)10-6-11-44(3)61-28-29-62-58-27-26-56-34-45(30-32-72(56,4)63(58)31-33-73(61,62)5)12-7-17-57(54-37-59(70(80)81)66(64(74)39-54)84-41-46-18-22-48(23-19-46)50-13-8-15-52(35-50)68(76)77)55-38-60(71(82)83)67(65(75)40-55)85-42-47-20-24-49(25-21-47)51-14-9-16-53(36-51)69(78)79/h8-9,13-25,35-40,43-45,56,58,61-63H,6-7,10-12,26-34,41-42H2,1-5H3,(H,76,77)(H,78,79)(H,80,81)(H,82,83)/t44-,45+,56+,58+,61-,62+,63+,72+,73-/m1/s1. The summed E-state index contributed by atoms with van der Waals surface area (Å²) in [5, 5.41) is 40.7. The van der Waals surface area contributed by atoms with Gasteiger partial charge in [-0.1, -0.05) is 156 Å². The Labute approximate surface area is 510 Å². The van der Waals surface area contributed by atoms with Crippen LogP contribution in [-0.4, -0.2) is 44.3 Å². The summed E-state index contributed by atoms with van der Waals surface area (Å²) in [6.45, 7) is 12.6. The van der Waals surface area contributed by atoms with Crippen LogP contribution in [0.1, 0.15) is 188 Å². The van der Waals surface area contributed by atoms with Crippen LogP contribution in [-0.2, 0) is 13.2 Å². The van der Waals surface area contributed by atoms with Gasteiger partial charge in [-0.15, -0.1) is 0 Å². The Bertz CT molecular complexity index is 3300. The van der Waals surface area contributed by atoms with Crippen LogP contribution >= 0.6 is 23.2 Å². The number of carboxylic acid groups (broad SMARTS) is 4. The summed E-state index contributed by atoms with van der Waals surface area (Å²) >= 11 is 14.1. The van der Waals surface area contributed by atoms with Crippen LogP contribution in [0.15, 0.2) is 127 Å². The number of benzene rings is 6. The molecule has 0 unspecified atom stereocenters. The maximum Gasteiger partial charge on any atom is 0.339 e. The van der Waals surface area contributed by atoms with Crippen LogP contribution in [0.25, 0.3) is 27.8 Å². The van der Waals surface area contributed by atoms with Crippen molar-refractivity contribution in [2.24, 2.45) is 58.2 Å². The lowest BCUT2D eigenvalue weighted by atomic mass is 9.44. The van der Waals surface area contributed by atoms with Crippen LogP contribution in [0.2, 0.25) is 10.0 Å². The summed E-state index contributed by atoms with van der Waals surface area (Å²) < 4.78 is 12.4. The molecule has 4 fully saturated rings. The highest BCUT2D eigenvalue weighted by atomic mass is 35.5. The number of hydrogen-bond acceptors (Lipinski definition) is 6. The lowest BCUT2D eigenvalue weighted by Gasteiger charge is -2.61. The Morgan fingerprint density at radius 2 is 1.08 bits per heavy atom. The second-order valence-corrected chi connectivity index (χ2v) is 26.9. The van der Waals surface area contributed by atoms with Crippen LogP contribution in [0.3, 0.4) is 0 Å². The Kier molecular flexibility index (Phi) is 18.7. The first-order valence-corrected chi connectivity index (χ1v) is 31.4. The summed E-state index contributed by atoms with van der Waals surface area (Å²) in [6.07, 6.45) is 19.4. The number of carbonyl (C=O) groups is 4. The number of rotatable bonds is 22. The zero-order valence-electron chi connectivity index (χ0n) is 49.6. The molecule has 0 spiro atoms. The number of halogens is 2. The largest absolute Gasteiger partial charge is 0.486 e. The van der Waals surface area contributed by atoms with E-state index in [0.29, 0.717) is 45.8 Å². The fraction of sp³-hybridized carbons (Fsp3) is 0.425. The highest BCUT2D eigenvalue weighted by molar-refractivity contribution is 6.33. The van der Waals surface area contributed by atoms with Crippen molar-refractivity contribution in [3.8, 4) is 33.8 Å². The van der Waals surface area contributed by atoms with Crippen molar-refractivity contribution < 1.29 is 49.1 Å². The van der Waals surface area contributed by atoms with E-state index in [2.05, 4.69) is 40.7 Å². The molecule has 0 heterocycles. The number of fused-ring (bicyclic) bond motifs is 5. The molecule has 0 aromatic heterocycles. The Morgan fingerprint density at radius 3 is 1.59 bits per heavy atom. The molecular formula is C73H80Cl2O10. The molecule has 0 amide bonds. The fourth-order valence-corrected chi connectivity index (χ4v) is 16.7. The average molecular weight is 1190 g/mol. The van der Waals surface area contributed by atoms with Crippen molar-refractivity contribution >= 4 is 52.7 Å². The van der Waals surface area contributed by atoms with Gasteiger partial charge in [0.15, 0.2) is 11.5 Å². The quantitative estimate of drug-likeness (QED) is 0.0514. The molecule has 4 aliphatic rings. The van der Waals surface area contributed by atoms with Crippen molar-refractivity contribution in [3.63, 3.8) is 0 Å². The third kappa shape index (κ3) is 13.3. The first-order chi connectivity index (χ1) is 40.7. The van der Waals surface area contributed by atoms with Crippen molar-refractivity contribution in [2.75, 3.05) is 0 Å². The van der Waals surface area contributed by atoms with Gasteiger partial charge < -0.3 is 29.9 Å². The van der Waals surface area contributed by atoms with Gasteiger partial charge in [0.05, 0.1) is 21.2 Å². The minimum atomic E-state index is -1.26. The summed E-state index contributed by atoms with van der Waals surface area (Å²) in [5.74, 6) is 1.40. The summed E-state index contributed by atoms with van der Waals surface area (Å²) in [7, 11) is 0. The third-order valence-corrected chi connectivity index (χ3v) is 21.2. The molecule has 10 nitrogen and oxygen atoms in total. The van der Waals surface area contributed by atoms with E-state index < -0.39 is 23.9 Å². The molecule has 10 rings (SSSR count). The summed E-state index contributed by atoms with van der Waals surface area (Å²) in [5.41, 5.74) is 6.81. The van der Waals surface area contributed by atoms with Crippen LogP contribution in [0, 0.1) is 58.2 Å². The van der Waals surface area contributed by atoms with E-state index in [1.54, 1.807) is 36.4 Å². The highest BCUT2D eigenvalue weighted by Gasteiger charge is 2.60. The third-order valence-electron chi connectivity index (χ3n) is 20.6. The SMILES string of the molecule is CC(C)CCC[C@@H](C)[C@H]1CC[C@H]2[C@@H]3CC[C@H]4C[C@@H](CCC=C(c5cc(Cl)c(OCc6ccc(-c7cccc(C(=O)O)c7)cc6)c(C(=O)O)c5)c5cc(Cl)c(OCc6ccc(-c7cccc(C(=O)O)c7)cc6)c(C(=O)O)c5)CC[C@]4(C)[C@H]3CC[C@]12C. The highest BCUT2D eigenvalue weighted by Crippen LogP contribution is 2.69. The molecule has 6 aromatic carbocycles. The Balaban J connectivity index is 0.891. The van der Waals surface area contributed by atoms with Gasteiger partial charge >= 0.3 is 23.9 Å². The van der Waals surface area contributed by atoms with E-state index in [9.17, 15) is 39.6 Å². The van der Waals surface area contributed by atoms with Crippen molar-refractivity contribution in [2.45, 2.75) is 138 Å². The second kappa shape index (κ2) is 26.0. The average Bonchev–Trinajstić information content (AvgIpc) is 3.83. The number of aromatic carboxylic acids is 4. The molecule has 4 aliphatic carbocycles. The summed E-state index contributed by atoms with van der Waals surface area (Å²) in [6, 6.07) is 34.4. The topological polar surface area (TPSA) is 168 Å². The van der Waals surface area contributed by atoms with Crippen molar-refractivity contribution in [1.29, 1.82) is 0 Å². The van der Waals surface area contributed by atoms with E-state index >= 15 is 0 Å². The van der Waals surface area contributed by atoms with Crippen LogP contribution in [0.5, 0.6) is 11.5 Å². The Hall–Kier alpha value is -6.88. The fourth-order valence-electron chi connectivity index (χ4n) is 16.2. The van der Waals surface area contributed by atoms with E-state index in [1.807, 2.05) is 60.7 Å². The molecular weight excluding hydrogens is 1110 g/mol. The zero-order valence-corrected chi connectivity index (χ0v) is 51.1. The molecule has 4 saturated carbocycles. The summed E-state index contributed by atoms with van der Waals surface area (Å²) in [4.78, 5) is 49.7. The maximum absolute atomic E-state index is 13.2. The number of allylic oxidation sites excluding steroid dienone is 1. The van der Waals surface area contributed by atoms with Gasteiger partial charge in [0.2, 0.25) is 0 Å². The lowest BCUT2D eigenvalue weighted by Crippen LogP contribution is -2.53. The van der Waals surface area contributed by atoms with E-state index in [0.717, 1.165) is 81.7 Å². The number of carboxylic acids is 4. The minimum absolute atomic E-state index is 0.0114. The molecule has 446 valence electrons. The van der Waals surface area contributed by atoms with Gasteiger partial charge in [-0.2, -0.15) is 0 Å². The normalized spacial score (nSPS) is 23.7. The molecule has 0 aliphatic heterocycles. The molecule has 85 heavy (non-hydrogen) atoms. The zero-order chi connectivity index (χ0) is 60.3. The smallest absolute Gasteiger partial charge is 0.339 e. The first-order valence-electron chi connectivity index (χ1n) is 30.7. The van der Waals surface area contributed by atoms with Gasteiger partial charge in [0, 0.05) is 0 Å². The van der Waals surface area contributed by atoms with Crippen LogP contribution < -0.4 is 9.47 Å². The minimum Gasteiger partial charge on any atom is -0.486 e. The molecule has 0 radical (unpaired) electrons. The van der Waals surface area contributed by atoms with Crippen molar-refractivity contribution in [1.82, 2.24) is 0 Å². The monoisotopic (exact) mass is 1190 g/mol. The molecule has 4 N–H and O–H groups in total. The van der Waals surface area contributed by atoms with E-state index in [-0.39, 0.29) is 57.0 Å². The van der Waals surface area contributed by atoms with Gasteiger partial charge in [0.25, 0.3) is 0 Å². The second-order valence-electron chi connectivity index (χ2n) is 26.0. The molecule has 0 bridgehead atoms. The maximum atomic E-state index is 13.2. The first kappa shape index (κ1) is 61.2.